The van der Waals surface area contributed by atoms with E-state index < -0.39 is 11.5 Å². The summed E-state index contributed by atoms with van der Waals surface area (Å²) in [6.45, 7) is 2.55. The largest absolute Gasteiger partial charge is 0.497 e. The topological polar surface area (TPSA) is 67.8 Å². The van der Waals surface area contributed by atoms with Gasteiger partial charge in [0.25, 0.3) is 0 Å². The Morgan fingerprint density at radius 2 is 2.25 bits per heavy atom. The van der Waals surface area contributed by atoms with E-state index >= 15 is 0 Å². The van der Waals surface area contributed by atoms with Gasteiger partial charge < -0.3 is 19.9 Å². The van der Waals surface area contributed by atoms with Gasteiger partial charge in [-0.15, -0.1) is 0 Å². The fraction of sp³-hybridized carbons (Fsp3) is 0.533. The monoisotopic (exact) mass is 279 g/mol. The molecule has 110 valence electrons. The van der Waals surface area contributed by atoms with Gasteiger partial charge in [0.05, 0.1) is 7.11 Å². The average molecular weight is 279 g/mol. The van der Waals surface area contributed by atoms with Crippen LogP contribution in [-0.4, -0.2) is 36.4 Å². The number of carboxylic acids is 1. The fourth-order valence-electron chi connectivity index (χ4n) is 2.74. The lowest BCUT2D eigenvalue weighted by Gasteiger charge is -2.25. The number of methoxy groups -OCH3 is 1. The van der Waals surface area contributed by atoms with E-state index in [1.54, 1.807) is 7.11 Å². The molecule has 0 aromatic heterocycles. The third kappa shape index (κ3) is 3.04. The van der Waals surface area contributed by atoms with Gasteiger partial charge in [0.15, 0.2) is 0 Å². The van der Waals surface area contributed by atoms with Gasteiger partial charge in [0.1, 0.15) is 23.1 Å². The van der Waals surface area contributed by atoms with Crippen molar-refractivity contribution in [2.75, 3.05) is 13.7 Å². The molecule has 1 aliphatic carbocycles. The van der Waals surface area contributed by atoms with Crippen LogP contribution in [0, 0.1) is 0 Å². The molecule has 0 heterocycles. The van der Waals surface area contributed by atoms with Gasteiger partial charge in [-0.1, -0.05) is 13.0 Å². The Bertz CT molecular complexity index is 477. The van der Waals surface area contributed by atoms with Gasteiger partial charge in [-0.05, 0) is 31.5 Å². The molecule has 0 bridgehead atoms. The number of hydrogen-bond donors (Lipinski definition) is 2. The minimum absolute atomic E-state index is 0.0859. The van der Waals surface area contributed by atoms with Crippen LogP contribution in [0.2, 0.25) is 0 Å². The zero-order valence-electron chi connectivity index (χ0n) is 11.9. The van der Waals surface area contributed by atoms with Gasteiger partial charge >= 0.3 is 5.97 Å². The number of aliphatic carboxylic acids is 1. The van der Waals surface area contributed by atoms with Crippen molar-refractivity contribution in [1.29, 1.82) is 0 Å². The molecule has 2 atom stereocenters. The summed E-state index contributed by atoms with van der Waals surface area (Å²) < 4.78 is 11.0. The third-order valence-electron chi connectivity index (χ3n) is 3.74. The Morgan fingerprint density at radius 3 is 2.90 bits per heavy atom. The second kappa shape index (κ2) is 6.13. The van der Waals surface area contributed by atoms with Crippen molar-refractivity contribution in [3.05, 3.63) is 24.3 Å². The molecule has 1 aromatic carbocycles. The SMILES string of the molecule is CCNC1(C(=O)O)CCC(Oc2cccc(OC)c2)C1. The molecule has 1 saturated carbocycles. The van der Waals surface area contributed by atoms with Gasteiger partial charge in [0.2, 0.25) is 0 Å². The maximum absolute atomic E-state index is 11.5. The molecule has 0 amide bonds. The molecule has 1 aromatic rings. The van der Waals surface area contributed by atoms with Gasteiger partial charge in [-0.2, -0.15) is 0 Å². The van der Waals surface area contributed by atoms with E-state index in [2.05, 4.69) is 5.32 Å². The lowest BCUT2D eigenvalue weighted by Crippen LogP contribution is -2.50. The number of carboxylic acid groups (broad SMARTS) is 1. The molecule has 1 fully saturated rings. The number of likely N-dealkylation sites (N-methyl/N-ethyl adjacent to an activating group) is 1. The van der Waals surface area contributed by atoms with Crippen LogP contribution in [-0.2, 0) is 4.79 Å². The molecule has 2 unspecified atom stereocenters. The first-order valence-corrected chi connectivity index (χ1v) is 6.89. The molecule has 2 N–H and O–H groups in total. The summed E-state index contributed by atoms with van der Waals surface area (Å²) in [7, 11) is 1.61. The van der Waals surface area contributed by atoms with E-state index in [1.807, 2.05) is 31.2 Å². The maximum atomic E-state index is 11.5. The molecular weight excluding hydrogens is 258 g/mol. The van der Waals surface area contributed by atoms with Crippen LogP contribution in [0.1, 0.15) is 26.2 Å². The second-order valence-corrected chi connectivity index (χ2v) is 5.08. The Balaban J connectivity index is 2.03. The quantitative estimate of drug-likeness (QED) is 0.834. The van der Waals surface area contributed by atoms with Crippen molar-refractivity contribution in [2.45, 2.75) is 37.8 Å². The summed E-state index contributed by atoms with van der Waals surface area (Å²) in [5.41, 5.74) is -0.849. The van der Waals surface area contributed by atoms with Crippen molar-refractivity contribution in [3.63, 3.8) is 0 Å². The minimum Gasteiger partial charge on any atom is -0.497 e. The molecule has 0 saturated heterocycles. The van der Waals surface area contributed by atoms with Gasteiger partial charge in [0, 0.05) is 12.5 Å². The van der Waals surface area contributed by atoms with Gasteiger partial charge in [-0.25, -0.2) is 0 Å². The highest BCUT2D eigenvalue weighted by Crippen LogP contribution is 2.33. The van der Waals surface area contributed by atoms with Crippen LogP contribution in [0.25, 0.3) is 0 Å². The number of carbonyl (C=O) groups is 1. The van der Waals surface area contributed by atoms with Crippen LogP contribution in [0.15, 0.2) is 24.3 Å². The van der Waals surface area contributed by atoms with Crippen molar-refractivity contribution in [1.82, 2.24) is 5.32 Å². The first-order chi connectivity index (χ1) is 9.59. The maximum Gasteiger partial charge on any atom is 0.324 e. The third-order valence-corrected chi connectivity index (χ3v) is 3.74. The normalized spacial score (nSPS) is 25.4. The number of nitrogens with one attached hydrogen (secondary N) is 1. The first kappa shape index (κ1) is 14.7. The predicted octanol–water partition coefficient (Wildman–Crippen LogP) is 2.06. The van der Waals surface area contributed by atoms with Crippen LogP contribution in [0.5, 0.6) is 11.5 Å². The Labute approximate surface area is 118 Å². The highest BCUT2D eigenvalue weighted by Gasteiger charge is 2.45. The molecule has 5 nitrogen and oxygen atoms in total. The summed E-state index contributed by atoms with van der Waals surface area (Å²) in [4.78, 5) is 11.5. The predicted molar refractivity (Wildman–Crippen MR) is 75.3 cm³/mol. The van der Waals surface area contributed by atoms with E-state index in [0.717, 1.165) is 12.2 Å². The number of benzene rings is 1. The van der Waals surface area contributed by atoms with E-state index in [9.17, 15) is 9.90 Å². The van der Waals surface area contributed by atoms with Gasteiger partial charge in [-0.3, -0.25) is 4.79 Å². The first-order valence-electron chi connectivity index (χ1n) is 6.89. The zero-order valence-corrected chi connectivity index (χ0v) is 11.9. The number of ether oxygens (including phenoxy) is 2. The molecule has 0 aliphatic heterocycles. The molecule has 20 heavy (non-hydrogen) atoms. The van der Waals surface area contributed by atoms with E-state index in [0.29, 0.717) is 25.1 Å². The Hall–Kier alpha value is -1.75. The average Bonchev–Trinajstić information content (AvgIpc) is 2.84. The summed E-state index contributed by atoms with van der Waals surface area (Å²) in [5, 5.41) is 12.5. The standard InChI is InChI=1S/C15H21NO4/c1-3-16-15(14(17)18)8-7-13(10-15)20-12-6-4-5-11(9-12)19-2/h4-6,9,13,16H,3,7-8,10H2,1-2H3,(H,17,18). The van der Waals surface area contributed by atoms with E-state index in [4.69, 9.17) is 9.47 Å². The lowest BCUT2D eigenvalue weighted by atomic mass is 9.98. The molecule has 1 aliphatic rings. The van der Waals surface area contributed by atoms with Crippen molar-refractivity contribution in [2.24, 2.45) is 0 Å². The lowest BCUT2D eigenvalue weighted by molar-refractivity contribution is -0.144. The van der Waals surface area contributed by atoms with Crippen LogP contribution >= 0.6 is 0 Å². The van der Waals surface area contributed by atoms with E-state index in [-0.39, 0.29) is 6.10 Å². The second-order valence-electron chi connectivity index (χ2n) is 5.08. The van der Waals surface area contributed by atoms with Crippen LogP contribution < -0.4 is 14.8 Å². The minimum atomic E-state index is -0.849. The Kier molecular flexibility index (Phi) is 4.49. The summed E-state index contributed by atoms with van der Waals surface area (Å²) in [6, 6.07) is 7.38. The molecule has 0 spiro atoms. The van der Waals surface area contributed by atoms with Crippen molar-refractivity contribution < 1.29 is 19.4 Å². The smallest absolute Gasteiger partial charge is 0.324 e. The molecule has 5 heteroatoms. The Morgan fingerprint density at radius 1 is 1.50 bits per heavy atom. The summed E-state index contributed by atoms with van der Waals surface area (Å²) >= 11 is 0. The zero-order chi connectivity index (χ0) is 14.6. The van der Waals surface area contributed by atoms with Crippen LogP contribution in [0.4, 0.5) is 0 Å². The van der Waals surface area contributed by atoms with Crippen molar-refractivity contribution in [3.8, 4) is 11.5 Å². The van der Waals surface area contributed by atoms with E-state index in [1.165, 1.54) is 0 Å². The highest BCUT2D eigenvalue weighted by molar-refractivity contribution is 5.79. The number of hydrogen-bond acceptors (Lipinski definition) is 4. The molecule has 2 rings (SSSR count). The fourth-order valence-corrected chi connectivity index (χ4v) is 2.74. The van der Waals surface area contributed by atoms with Crippen LogP contribution in [0.3, 0.4) is 0 Å². The number of rotatable bonds is 6. The van der Waals surface area contributed by atoms with Crippen molar-refractivity contribution >= 4 is 5.97 Å². The summed E-state index contributed by atoms with van der Waals surface area (Å²) in [6.07, 6.45) is 1.71. The molecule has 0 radical (unpaired) electrons. The summed E-state index contributed by atoms with van der Waals surface area (Å²) in [5.74, 6) is 0.653. The highest BCUT2D eigenvalue weighted by atomic mass is 16.5. The molecular formula is C15H21NO4.